The number of hydrogen-bond acceptors (Lipinski definition) is 6. The van der Waals surface area contributed by atoms with Crippen LogP contribution in [0.3, 0.4) is 0 Å². The van der Waals surface area contributed by atoms with Crippen molar-refractivity contribution in [3.8, 4) is 5.88 Å². The van der Waals surface area contributed by atoms with E-state index >= 15 is 0 Å². The molecule has 2 aromatic rings. The summed E-state index contributed by atoms with van der Waals surface area (Å²) in [6, 6.07) is 4.24. The maximum atomic E-state index is 12.6. The molecule has 2 N–H and O–H groups in total. The average Bonchev–Trinajstić information content (AvgIpc) is 2.58. The van der Waals surface area contributed by atoms with Crippen LogP contribution in [0.25, 0.3) is 0 Å². The molecule has 0 aliphatic rings. The van der Waals surface area contributed by atoms with Crippen LogP contribution in [0.15, 0.2) is 35.5 Å². The molecule has 11 heteroatoms. The number of hydrogen-bond donors (Lipinski definition) is 2. The lowest BCUT2D eigenvalue weighted by Gasteiger charge is -2.33. The standard InChI is InChI=1S/C17H21ClN4O5S/c1-17(2,3)22(16(23)24)10-11-8-12(9-20-15(11)27-4)21-28(25,26)13-6-5-7-19-14(13)18/h5-9,21H,10H2,1-4H3,(H,23,24). The SMILES string of the molecule is COc1ncc(NS(=O)(=O)c2cccnc2Cl)cc1CN(C(=O)O)C(C)(C)C. The Morgan fingerprint density at radius 2 is 2.04 bits per heavy atom. The second-order valence-electron chi connectivity index (χ2n) is 6.83. The van der Waals surface area contributed by atoms with Crippen LogP contribution < -0.4 is 9.46 Å². The van der Waals surface area contributed by atoms with E-state index in [0.717, 1.165) is 0 Å². The van der Waals surface area contributed by atoms with E-state index in [1.165, 1.54) is 42.6 Å². The van der Waals surface area contributed by atoms with Crippen LogP contribution in [0.1, 0.15) is 26.3 Å². The maximum Gasteiger partial charge on any atom is 0.408 e. The first-order chi connectivity index (χ1) is 13.0. The van der Waals surface area contributed by atoms with Crippen LogP contribution in [0.4, 0.5) is 10.5 Å². The highest BCUT2D eigenvalue weighted by molar-refractivity contribution is 7.92. The summed E-state index contributed by atoms with van der Waals surface area (Å²) in [5, 5.41) is 9.34. The van der Waals surface area contributed by atoms with Crippen LogP contribution in [0.5, 0.6) is 5.88 Å². The number of nitrogens with one attached hydrogen (secondary N) is 1. The molecule has 0 saturated carbocycles. The molecule has 2 aromatic heterocycles. The lowest BCUT2D eigenvalue weighted by Crippen LogP contribution is -2.44. The third kappa shape index (κ3) is 5.02. The third-order valence-electron chi connectivity index (χ3n) is 3.75. The van der Waals surface area contributed by atoms with Gasteiger partial charge in [0, 0.05) is 17.3 Å². The second kappa shape index (κ2) is 8.19. The number of halogens is 1. The quantitative estimate of drug-likeness (QED) is 0.677. The number of anilines is 1. The smallest absolute Gasteiger partial charge is 0.408 e. The van der Waals surface area contributed by atoms with Gasteiger partial charge in [0.05, 0.1) is 25.5 Å². The van der Waals surface area contributed by atoms with Crippen LogP contribution in [0.2, 0.25) is 5.15 Å². The molecule has 0 spiro atoms. The summed E-state index contributed by atoms with van der Waals surface area (Å²) >= 11 is 5.87. The van der Waals surface area contributed by atoms with Crippen molar-refractivity contribution in [1.82, 2.24) is 14.9 Å². The van der Waals surface area contributed by atoms with Crippen molar-refractivity contribution in [2.24, 2.45) is 0 Å². The lowest BCUT2D eigenvalue weighted by atomic mass is 10.1. The first-order valence-electron chi connectivity index (χ1n) is 8.12. The molecule has 28 heavy (non-hydrogen) atoms. The van der Waals surface area contributed by atoms with Crippen molar-refractivity contribution in [3.05, 3.63) is 41.3 Å². The van der Waals surface area contributed by atoms with Crippen LogP contribution in [-0.4, -0.2) is 47.1 Å². The number of methoxy groups -OCH3 is 1. The monoisotopic (exact) mass is 428 g/mol. The van der Waals surface area contributed by atoms with Gasteiger partial charge in [-0.2, -0.15) is 0 Å². The number of rotatable bonds is 6. The Hall–Kier alpha value is -2.59. The molecule has 2 heterocycles. The Bertz CT molecular complexity index is 976. The Labute approximate surface area is 168 Å². The molecule has 9 nitrogen and oxygen atoms in total. The Kier molecular flexibility index (Phi) is 6.35. The van der Waals surface area contributed by atoms with Gasteiger partial charge in [0.1, 0.15) is 10.0 Å². The van der Waals surface area contributed by atoms with E-state index in [4.69, 9.17) is 16.3 Å². The molecule has 2 rings (SSSR count). The van der Waals surface area contributed by atoms with Crippen LogP contribution in [0, 0.1) is 0 Å². The van der Waals surface area contributed by atoms with Gasteiger partial charge >= 0.3 is 6.09 Å². The molecule has 0 aliphatic heterocycles. The molecule has 1 amide bonds. The Morgan fingerprint density at radius 3 is 2.57 bits per heavy atom. The van der Waals surface area contributed by atoms with Gasteiger partial charge in [-0.25, -0.2) is 23.2 Å². The third-order valence-corrected chi connectivity index (χ3v) is 5.58. The summed E-state index contributed by atoms with van der Waals surface area (Å²) in [5.74, 6) is 0.192. The van der Waals surface area contributed by atoms with Gasteiger partial charge in [0.25, 0.3) is 10.0 Å². The molecule has 0 aliphatic carbocycles. The minimum Gasteiger partial charge on any atom is -0.481 e. The van der Waals surface area contributed by atoms with Crippen molar-refractivity contribution in [2.45, 2.75) is 37.8 Å². The summed E-state index contributed by atoms with van der Waals surface area (Å²) in [4.78, 5) is 20.5. The van der Waals surface area contributed by atoms with Gasteiger partial charge in [-0.3, -0.25) is 9.62 Å². The number of pyridine rings is 2. The number of nitrogens with zero attached hydrogens (tertiary/aromatic N) is 3. The van der Waals surface area contributed by atoms with E-state index in [2.05, 4.69) is 14.7 Å². The number of aromatic nitrogens is 2. The highest BCUT2D eigenvalue weighted by Crippen LogP contribution is 2.27. The predicted octanol–water partition coefficient (Wildman–Crippen LogP) is 3.22. The summed E-state index contributed by atoms with van der Waals surface area (Å²) < 4.78 is 32.7. The van der Waals surface area contributed by atoms with Crippen LogP contribution in [-0.2, 0) is 16.6 Å². The van der Waals surface area contributed by atoms with E-state index in [-0.39, 0.29) is 28.2 Å². The minimum atomic E-state index is -4.01. The maximum absolute atomic E-state index is 12.6. The van der Waals surface area contributed by atoms with E-state index in [1.807, 2.05) is 0 Å². The molecule has 0 atom stereocenters. The summed E-state index contributed by atoms with van der Waals surface area (Å²) in [6.07, 6.45) is 1.52. The second-order valence-corrected chi connectivity index (χ2v) is 8.84. The summed E-state index contributed by atoms with van der Waals surface area (Å²) in [5.41, 5.74) is -0.150. The summed E-state index contributed by atoms with van der Waals surface area (Å²) in [6.45, 7) is 5.20. The first-order valence-corrected chi connectivity index (χ1v) is 9.98. The first kappa shape index (κ1) is 21.7. The zero-order valence-corrected chi connectivity index (χ0v) is 17.4. The van der Waals surface area contributed by atoms with Crippen molar-refractivity contribution in [3.63, 3.8) is 0 Å². The fraction of sp³-hybridized carbons (Fsp3) is 0.353. The molecule has 0 bridgehead atoms. The van der Waals surface area contributed by atoms with Crippen LogP contribution >= 0.6 is 11.6 Å². The zero-order chi connectivity index (χ0) is 21.1. The van der Waals surface area contributed by atoms with Crippen molar-refractivity contribution in [1.29, 1.82) is 0 Å². The number of carbonyl (C=O) groups is 1. The normalized spacial score (nSPS) is 11.8. The van der Waals surface area contributed by atoms with Crippen molar-refractivity contribution < 1.29 is 23.1 Å². The van der Waals surface area contributed by atoms with Gasteiger partial charge in [-0.05, 0) is 39.0 Å². The Morgan fingerprint density at radius 1 is 1.36 bits per heavy atom. The van der Waals surface area contributed by atoms with Gasteiger partial charge < -0.3 is 9.84 Å². The Balaban J connectivity index is 2.40. The largest absolute Gasteiger partial charge is 0.481 e. The van der Waals surface area contributed by atoms with Gasteiger partial charge in [0.15, 0.2) is 0 Å². The number of carboxylic acid groups (broad SMARTS) is 1. The fourth-order valence-corrected chi connectivity index (χ4v) is 3.88. The molecule has 0 aromatic carbocycles. The highest BCUT2D eigenvalue weighted by atomic mass is 35.5. The predicted molar refractivity (Wildman–Crippen MR) is 104 cm³/mol. The molecule has 0 unspecified atom stereocenters. The van der Waals surface area contributed by atoms with E-state index in [1.54, 1.807) is 20.8 Å². The summed E-state index contributed by atoms with van der Waals surface area (Å²) in [7, 11) is -2.61. The van der Waals surface area contributed by atoms with Gasteiger partial charge in [-0.15, -0.1) is 0 Å². The van der Waals surface area contributed by atoms with Gasteiger partial charge in [0.2, 0.25) is 5.88 Å². The fourth-order valence-electron chi connectivity index (χ4n) is 2.39. The lowest BCUT2D eigenvalue weighted by molar-refractivity contribution is 0.0949. The van der Waals surface area contributed by atoms with E-state index < -0.39 is 21.7 Å². The molecule has 0 fully saturated rings. The molecular formula is C17H21ClN4O5S. The van der Waals surface area contributed by atoms with E-state index in [9.17, 15) is 18.3 Å². The van der Waals surface area contributed by atoms with Crippen molar-refractivity contribution in [2.75, 3.05) is 11.8 Å². The molecule has 0 radical (unpaired) electrons. The van der Waals surface area contributed by atoms with E-state index in [0.29, 0.717) is 5.56 Å². The molecule has 0 saturated heterocycles. The number of ether oxygens (including phenoxy) is 1. The minimum absolute atomic E-state index is 0.0434. The number of amides is 1. The number of sulfonamides is 1. The average molecular weight is 429 g/mol. The topological polar surface area (TPSA) is 122 Å². The zero-order valence-electron chi connectivity index (χ0n) is 15.8. The van der Waals surface area contributed by atoms with Crippen molar-refractivity contribution >= 4 is 33.4 Å². The molecular weight excluding hydrogens is 408 g/mol. The van der Waals surface area contributed by atoms with Gasteiger partial charge in [-0.1, -0.05) is 11.6 Å². The highest BCUT2D eigenvalue weighted by Gasteiger charge is 2.28. The molecule has 152 valence electrons.